The number of sulfone groups is 1. The number of nitrogens with zero attached hydrogens (tertiary/aromatic N) is 3. The number of aliphatic hydroxyl groups excluding tert-OH is 1. The number of hydrogen-bond donors (Lipinski definition) is 1. The highest BCUT2D eigenvalue weighted by molar-refractivity contribution is 7.90. The Balaban J connectivity index is 1.51. The lowest BCUT2D eigenvalue weighted by Crippen LogP contribution is -2.24. The molecule has 3 aromatic rings. The van der Waals surface area contributed by atoms with E-state index in [0.29, 0.717) is 19.5 Å². The summed E-state index contributed by atoms with van der Waals surface area (Å²) in [7, 11) is -3.72. The molecule has 1 fully saturated rings. The molecule has 4 rings (SSSR count). The Bertz CT molecular complexity index is 1040. The Labute approximate surface area is 165 Å². The van der Waals surface area contributed by atoms with Gasteiger partial charge >= 0.3 is 0 Å². The van der Waals surface area contributed by atoms with E-state index in [2.05, 4.69) is 10.1 Å². The number of rotatable bonds is 6. The third kappa shape index (κ3) is 4.14. The molecule has 28 heavy (non-hydrogen) atoms. The van der Waals surface area contributed by atoms with E-state index in [1.54, 1.807) is 11.3 Å². The number of aliphatic hydroxyl groups is 1. The van der Waals surface area contributed by atoms with Gasteiger partial charge < -0.3 is 9.63 Å². The van der Waals surface area contributed by atoms with Crippen LogP contribution in [0.4, 0.5) is 4.39 Å². The summed E-state index contributed by atoms with van der Waals surface area (Å²) in [5.41, 5.74) is 0. The molecule has 0 radical (unpaired) electrons. The maximum absolute atomic E-state index is 13.0. The van der Waals surface area contributed by atoms with Gasteiger partial charge in [0.05, 0.1) is 17.0 Å². The van der Waals surface area contributed by atoms with E-state index in [-0.39, 0.29) is 22.7 Å². The molecule has 0 bridgehead atoms. The molecule has 1 saturated heterocycles. The molecular weight excluding hydrogens is 405 g/mol. The van der Waals surface area contributed by atoms with Crippen LogP contribution in [0.1, 0.15) is 29.1 Å². The van der Waals surface area contributed by atoms with Crippen molar-refractivity contribution in [3.8, 4) is 0 Å². The molecule has 2 aromatic heterocycles. The summed E-state index contributed by atoms with van der Waals surface area (Å²) >= 11 is 1.62. The van der Waals surface area contributed by atoms with Gasteiger partial charge in [-0.1, -0.05) is 11.2 Å². The van der Waals surface area contributed by atoms with Crippen LogP contribution in [-0.2, 0) is 22.1 Å². The zero-order valence-electron chi connectivity index (χ0n) is 14.7. The first-order chi connectivity index (χ1) is 13.4. The van der Waals surface area contributed by atoms with E-state index < -0.39 is 27.5 Å². The molecule has 0 aliphatic carbocycles. The number of thiophene rings is 1. The van der Waals surface area contributed by atoms with Crippen LogP contribution in [0.5, 0.6) is 0 Å². The normalized spacial score (nSPS) is 20.6. The standard InChI is InChI=1S/C18H18FN3O4S2/c19-12-3-5-15(6-4-12)28(24,25)11-17-20-18(26-21-17)16-8-13(23)9-22(16)10-14-2-1-7-27-14/h1-7,13,16,23H,8-11H2. The number of benzene rings is 1. The second-order valence-corrected chi connectivity index (χ2v) is 9.70. The molecule has 0 amide bonds. The molecule has 2 atom stereocenters. The molecule has 1 aliphatic rings. The van der Waals surface area contributed by atoms with E-state index in [4.69, 9.17) is 4.52 Å². The Morgan fingerprint density at radius 2 is 2.07 bits per heavy atom. The van der Waals surface area contributed by atoms with Crippen molar-refractivity contribution in [2.45, 2.75) is 35.8 Å². The highest BCUT2D eigenvalue weighted by atomic mass is 32.2. The molecule has 0 saturated carbocycles. The van der Waals surface area contributed by atoms with Gasteiger partial charge in [-0.2, -0.15) is 4.98 Å². The molecule has 1 aliphatic heterocycles. The van der Waals surface area contributed by atoms with Crippen molar-refractivity contribution in [1.29, 1.82) is 0 Å². The van der Waals surface area contributed by atoms with E-state index in [0.717, 1.165) is 17.0 Å². The van der Waals surface area contributed by atoms with E-state index in [1.165, 1.54) is 12.1 Å². The zero-order valence-corrected chi connectivity index (χ0v) is 16.4. The quantitative estimate of drug-likeness (QED) is 0.609. The first kappa shape index (κ1) is 19.2. The minimum absolute atomic E-state index is 0.00383. The van der Waals surface area contributed by atoms with Crippen LogP contribution in [0.3, 0.4) is 0 Å². The fourth-order valence-electron chi connectivity index (χ4n) is 3.27. The topological polar surface area (TPSA) is 96.5 Å². The second-order valence-electron chi connectivity index (χ2n) is 6.68. The summed E-state index contributed by atoms with van der Waals surface area (Å²) in [6, 6.07) is 8.32. The van der Waals surface area contributed by atoms with Crippen LogP contribution in [0, 0.1) is 5.82 Å². The Kier molecular flexibility index (Phi) is 5.28. The molecular formula is C18H18FN3O4S2. The largest absolute Gasteiger partial charge is 0.392 e. The van der Waals surface area contributed by atoms with Crippen LogP contribution in [0.25, 0.3) is 0 Å². The van der Waals surface area contributed by atoms with Crippen LogP contribution < -0.4 is 0 Å². The van der Waals surface area contributed by atoms with Crippen LogP contribution >= 0.6 is 11.3 Å². The summed E-state index contributed by atoms with van der Waals surface area (Å²) in [5.74, 6) is -0.622. The molecule has 3 heterocycles. The summed E-state index contributed by atoms with van der Waals surface area (Å²) in [5, 5.41) is 15.9. The van der Waals surface area contributed by atoms with E-state index in [9.17, 15) is 17.9 Å². The molecule has 10 heteroatoms. The average Bonchev–Trinajstić information content (AvgIpc) is 3.37. The van der Waals surface area contributed by atoms with Crippen molar-refractivity contribution in [3.63, 3.8) is 0 Å². The highest BCUT2D eigenvalue weighted by Crippen LogP contribution is 2.33. The van der Waals surface area contributed by atoms with Crippen molar-refractivity contribution in [3.05, 3.63) is 64.2 Å². The molecule has 7 nitrogen and oxygen atoms in total. The Morgan fingerprint density at radius 3 is 2.79 bits per heavy atom. The van der Waals surface area contributed by atoms with Crippen LogP contribution in [-0.4, -0.2) is 41.2 Å². The number of aromatic nitrogens is 2. The highest BCUT2D eigenvalue weighted by Gasteiger charge is 2.36. The molecule has 0 spiro atoms. The number of halogens is 1. The molecule has 1 N–H and O–H groups in total. The van der Waals surface area contributed by atoms with Crippen molar-refractivity contribution < 1.29 is 22.4 Å². The van der Waals surface area contributed by atoms with Gasteiger partial charge in [-0.05, 0) is 42.1 Å². The van der Waals surface area contributed by atoms with Crippen molar-refractivity contribution >= 4 is 21.2 Å². The first-order valence-corrected chi connectivity index (χ1v) is 11.2. The van der Waals surface area contributed by atoms with Gasteiger partial charge in [0.2, 0.25) is 5.89 Å². The van der Waals surface area contributed by atoms with Gasteiger partial charge in [-0.15, -0.1) is 11.3 Å². The third-order valence-electron chi connectivity index (χ3n) is 4.58. The second kappa shape index (κ2) is 7.70. The molecule has 2 unspecified atom stereocenters. The van der Waals surface area contributed by atoms with Gasteiger partial charge in [-0.3, -0.25) is 4.90 Å². The number of likely N-dealkylation sites (tertiary alicyclic amines) is 1. The predicted octanol–water partition coefficient (Wildman–Crippen LogP) is 2.55. The molecule has 1 aromatic carbocycles. The van der Waals surface area contributed by atoms with Crippen LogP contribution in [0.2, 0.25) is 0 Å². The number of hydrogen-bond acceptors (Lipinski definition) is 8. The minimum atomic E-state index is -3.72. The van der Waals surface area contributed by atoms with Gasteiger partial charge in [0.25, 0.3) is 0 Å². The fraction of sp³-hybridized carbons (Fsp3) is 0.333. The smallest absolute Gasteiger partial charge is 0.244 e. The lowest BCUT2D eigenvalue weighted by atomic mass is 10.2. The maximum Gasteiger partial charge on any atom is 0.244 e. The first-order valence-electron chi connectivity index (χ1n) is 8.66. The fourth-order valence-corrected chi connectivity index (χ4v) is 5.17. The van der Waals surface area contributed by atoms with Gasteiger partial charge in [0.15, 0.2) is 15.7 Å². The van der Waals surface area contributed by atoms with Crippen molar-refractivity contribution in [1.82, 2.24) is 15.0 Å². The van der Waals surface area contributed by atoms with Gasteiger partial charge in [0.1, 0.15) is 11.6 Å². The Hall–Kier alpha value is -2.14. The van der Waals surface area contributed by atoms with E-state index >= 15 is 0 Å². The van der Waals surface area contributed by atoms with Crippen molar-refractivity contribution in [2.75, 3.05) is 6.54 Å². The molecule has 148 valence electrons. The predicted molar refractivity (Wildman–Crippen MR) is 99.7 cm³/mol. The average molecular weight is 423 g/mol. The summed E-state index contributed by atoms with van der Waals surface area (Å²) in [6.45, 7) is 1.12. The summed E-state index contributed by atoms with van der Waals surface area (Å²) in [6.07, 6.45) is -0.0687. The summed E-state index contributed by atoms with van der Waals surface area (Å²) < 4.78 is 43.3. The lowest BCUT2D eigenvalue weighted by Gasteiger charge is -2.20. The van der Waals surface area contributed by atoms with Crippen molar-refractivity contribution in [2.24, 2.45) is 0 Å². The number of β-amino-alcohol motifs (C(OH)–C–C–N with tert-alkyl or cyclic N) is 1. The SMILES string of the molecule is O=S(=O)(Cc1noc(C2CC(O)CN2Cc2cccs2)n1)c1ccc(F)cc1. The third-order valence-corrected chi connectivity index (χ3v) is 7.07. The van der Waals surface area contributed by atoms with Crippen LogP contribution in [0.15, 0.2) is 51.2 Å². The minimum Gasteiger partial charge on any atom is -0.392 e. The summed E-state index contributed by atoms with van der Waals surface area (Å²) in [4.78, 5) is 7.44. The maximum atomic E-state index is 13.0. The van der Waals surface area contributed by atoms with Gasteiger partial charge in [-0.25, -0.2) is 12.8 Å². The Morgan fingerprint density at radius 1 is 1.29 bits per heavy atom. The zero-order chi connectivity index (χ0) is 19.7. The monoisotopic (exact) mass is 423 g/mol. The van der Waals surface area contributed by atoms with Gasteiger partial charge in [0, 0.05) is 18.0 Å². The lowest BCUT2D eigenvalue weighted by molar-refractivity contribution is 0.170. The van der Waals surface area contributed by atoms with E-state index in [1.807, 2.05) is 22.4 Å².